The molecule has 1 aromatic rings. The van der Waals surface area contributed by atoms with Crippen LogP contribution in [0.3, 0.4) is 0 Å². The second kappa shape index (κ2) is 7.00. The van der Waals surface area contributed by atoms with E-state index in [-0.39, 0.29) is 10.8 Å². The molecule has 0 radical (unpaired) electrons. The van der Waals surface area contributed by atoms with E-state index in [1.807, 2.05) is 7.05 Å². The Morgan fingerprint density at radius 1 is 1.08 bits per heavy atom. The number of hydrogen-bond acceptors (Lipinski definition) is 4. The number of piperazine rings is 1. The molecule has 3 rings (SSSR count). The predicted octanol–water partition coefficient (Wildman–Crippen LogP) is 1.27. The second-order valence-corrected chi connectivity index (χ2v) is 8.68. The van der Waals surface area contributed by atoms with Gasteiger partial charge in [-0.15, -0.1) is 0 Å². The first-order valence-corrected chi connectivity index (χ1v) is 9.96. The Morgan fingerprint density at radius 3 is 2.33 bits per heavy atom. The molecule has 24 heavy (non-hydrogen) atoms. The van der Waals surface area contributed by atoms with E-state index in [4.69, 9.17) is 11.6 Å². The number of benzene rings is 1. The minimum Gasteiger partial charge on any atom is -0.339 e. The molecule has 0 unspecified atom stereocenters. The van der Waals surface area contributed by atoms with Crippen LogP contribution in [-0.2, 0) is 14.8 Å². The summed E-state index contributed by atoms with van der Waals surface area (Å²) in [4.78, 5) is 17.0. The van der Waals surface area contributed by atoms with E-state index in [1.165, 1.54) is 16.4 Å². The van der Waals surface area contributed by atoms with E-state index in [0.29, 0.717) is 37.5 Å². The molecule has 2 aliphatic rings. The molecule has 0 bridgehead atoms. The Morgan fingerprint density at radius 2 is 1.71 bits per heavy atom. The minimum atomic E-state index is -3.68. The van der Waals surface area contributed by atoms with Crippen LogP contribution in [0.2, 0.25) is 5.02 Å². The van der Waals surface area contributed by atoms with Gasteiger partial charge < -0.3 is 9.80 Å². The topological polar surface area (TPSA) is 60.9 Å². The van der Waals surface area contributed by atoms with Crippen LogP contribution in [0.25, 0.3) is 0 Å². The molecule has 0 spiro atoms. The first kappa shape index (κ1) is 17.7. The largest absolute Gasteiger partial charge is 0.339 e. The van der Waals surface area contributed by atoms with Gasteiger partial charge in [0.25, 0.3) is 0 Å². The maximum Gasteiger partial charge on any atom is 0.243 e. The number of amides is 1. The fourth-order valence-electron chi connectivity index (χ4n) is 3.25. The summed E-state index contributed by atoms with van der Waals surface area (Å²) in [6.45, 7) is 3.33. The molecule has 8 heteroatoms. The molecule has 2 aliphatic heterocycles. The average molecular weight is 372 g/mol. The quantitative estimate of drug-likeness (QED) is 0.802. The fourth-order valence-corrected chi connectivity index (χ4v) is 5.03. The van der Waals surface area contributed by atoms with Gasteiger partial charge in [0.15, 0.2) is 0 Å². The highest BCUT2D eigenvalue weighted by Crippen LogP contribution is 2.28. The third-order valence-corrected chi connectivity index (χ3v) is 6.90. The van der Waals surface area contributed by atoms with Gasteiger partial charge in [-0.05, 0) is 44.2 Å². The standard InChI is InChI=1S/C16H22ClN3O3S/c1-18-9-11-19(12-10-18)16(21)15-3-2-8-20(15)24(22,23)14-6-4-13(17)5-7-14/h4-7,15H,2-3,8-12H2,1H3/t15-/m1/s1. The molecule has 0 saturated carbocycles. The van der Waals surface area contributed by atoms with Crippen molar-refractivity contribution in [3.63, 3.8) is 0 Å². The van der Waals surface area contributed by atoms with Crippen molar-refractivity contribution in [3.8, 4) is 0 Å². The molecule has 2 fully saturated rings. The van der Waals surface area contributed by atoms with Crippen molar-refractivity contribution >= 4 is 27.5 Å². The Kier molecular flexibility index (Phi) is 5.15. The number of rotatable bonds is 3. The van der Waals surface area contributed by atoms with Crippen LogP contribution in [-0.4, -0.2) is 74.2 Å². The number of carbonyl (C=O) groups is 1. The Balaban J connectivity index is 1.79. The first-order chi connectivity index (χ1) is 11.4. The molecule has 132 valence electrons. The molecular weight excluding hydrogens is 350 g/mol. The predicted molar refractivity (Wildman–Crippen MR) is 92.4 cm³/mol. The normalized spacial score (nSPS) is 23.6. The smallest absolute Gasteiger partial charge is 0.243 e. The summed E-state index contributed by atoms with van der Waals surface area (Å²) < 4.78 is 27.2. The summed E-state index contributed by atoms with van der Waals surface area (Å²) in [6, 6.07) is 5.51. The SMILES string of the molecule is CN1CCN(C(=O)[C@H]2CCCN2S(=O)(=O)c2ccc(Cl)cc2)CC1. The molecule has 1 amide bonds. The van der Waals surface area contributed by atoms with Gasteiger partial charge in [0.05, 0.1) is 4.90 Å². The number of carbonyl (C=O) groups excluding carboxylic acids is 1. The zero-order valence-electron chi connectivity index (χ0n) is 13.7. The van der Waals surface area contributed by atoms with Gasteiger partial charge in [-0.1, -0.05) is 11.6 Å². The second-order valence-electron chi connectivity index (χ2n) is 6.36. The first-order valence-electron chi connectivity index (χ1n) is 8.14. The molecule has 2 saturated heterocycles. The minimum absolute atomic E-state index is 0.0712. The van der Waals surface area contributed by atoms with Gasteiger partial charge in [-0.2, -0.15) is 4.31 Å². The highest BCUT2D eigenvalue weighted by molar-refractivity contribution is 7.89. The molecule has 0 aromatic heterocycles. The Labute approximate surface area is 148 Å². The zero-order chi connectivity index (χ0) is 17.3. The lowest BCUT2D eigenvalue weighted by Crippen LogP contribution is -2.53. The Bertz CT molecular complexity index is 700. The number of halogens is 1. The number of sulfonamides is 1. The molecule has 0 N–H and O–H groups in total. The number of nitrogens with zero attached hydrogens (tertiary/aromatic N) is 3. The van der Waals surface area contributed by atoms with Crippen molar-refractivity contribution < 1.29 is 13.2 Å². The molecule has 0 aliphatic carbocycles. The Hall–Kier alpha value is -1.15. The van der Waals surface area contributed by atoms with Gasteiger partial charge in [0.1, 0.15) is 6.04 Å². The van der Waals surface area contributed by atoms with Crippen molar-refractivity contribution in [2.24, 2.45) is 0 Å². The highest BCUT2D eigenvalue weighted by Gasteiger charge is 2.41. The van der Waals surface area contributed by atoms with Crippen LogP contribution in [0.4, 0.5) is 0 Å². The maximum absolute atomic E-state index is 12.9. The summed E-state index contributed by atoms with van der Waals surface area (Å²) in [6.07, 6.45) is 1.29. The van der Waals surface area contributed by atoms with Crippen LogP contribution >= 0.6 is 11.6 Å². The van der Waals surface area contributed by atoms with E-state index in [1.54, 1.807) is 17.0 Å². The molecular formula is C16H22ClN3O3S. The lowest BCUT2D eigenvalue weighted by Gasteiger charge is -2.35. The van der Waals surface area contributed by atoms with Gasteiger partial charge in [0, 0.05) is 37.7 Å². The van der Waals surface area contributed by atoms with Gasteiger partial charge in [-0.3, -0.25) is 4.79 Å². The van der Waals surface area contributed by atoms with Crippen molar-refractivity contribution in [2.45, 2.75) is 23.8 Å². The van der Waals surface area contributed by atoms with Crippen LogP contribution in [0.15, 0.2) is 29.2 Å². The summed E-state index contributed by atoms with van der Waals surface area (Å²) >= 11 is 5.84. The third-order valence-electron chi connectivity index (χ3n) is 4.72. The van der Waals surface area contributed by atoms with E-state index < -0.39 is 16.1 Å². The van der Waals surface area contributed by atoms with Crippen LogP contribution < -0.4 is 0 Å². The zero-order valence-corrected chi connectivity index (χ0v) is 15.3. The monoisotopic (exact) mass is 371 g/mol. The van der Waals surface area contributed by atoms with Gasteiger partial charge in [-0.25, -0.2) is 8.42 Å². The molecule has 1 atom stereocenters. The third kappa shape index (κ3) is 3.44. The highest BCUT2D eigenvalue weighted by atomic mass is 35.5. The van der Waals surface area contributed by atoms with E-state index in [9.17, 15) is 13.2 Å². The summed E-state index contributed by atoms with van der Waals surface area (Å²) in [5, 5.41) is 0.487. The lowest BCUT2D eigenvalue weighted by atomic mass is 10.2. The van der Waals surface area contributed by atoms with Crippen molar-refractivity contribution in [1.82, 2.24) is 14.1 Å². The van der Waals surface area contributed by atoms with Gasteiger partial charge in [0.2, 0.25) is 15.9 Å². The maximum atomic E-state index is 12.9. The van der Waals surface area contributed by atoms with E-state index in [2.05, 4.69) is 4.90 Å². The molecule has 6 nitrogen and oxygen atoms in total. The van der Waals surface area contributed by atoms with Gasteiger partial charge >= 0.3 is 0 Å². The fraction of sp³-hybridized carbons (Fsp3) is 0.562. The van der Waals surface area contributed by atoms with Crippen molar-refractivity contribution in [1.29, 1.82) is 0 Å². The number of likely N-dealkylation sites (N-methyl/N-ethyl adjacent to an activating group) is 1. The summed E-state index contributed by atoms with van der Waals surface area (Å²) in [5.41, 5.74) is 0. The van der Waals surface area contributed by atoms with E-state index >= 15 is 0 Å². The van der Waals surface area contributed by atoms with Crippen LogP contribution in [0.5, 0.6) is 0 Å². The molecule has 1 aromatic carbocycles. The number of hydrogen-bond donors (Lipinski definition) is 0. The van der Waals surface area contributed by atoms with Crippen molar-refractivity contribution in [2.75, 3.05) is 39.8 Å². The van der Waals surface area contributed by atoms with Crippen LogP contribution in [0, 0.1) is 0 Å². The van der Waals surface area contributed by atoms with E-state index in [0.717, 1.165) is 13.1 Å². The summed E-state index contributed by atoms with van der Waals surface area (Å²) in [7, 11) is -1.66. The van der Waals surface area contributed by atoms with Crippen molar-refractivity contribution in [3.05, 3.63) is 29.3 Å². The lowest BCUT2D eigenvalue weighted by molar-refractivity contribution is -0.136. The van der Waals surface area contributed by atoms with Crippen LogP contribution in [0.1, 0.15) is 12.8 Å². The summed E-state index contributed by atoms with van der Waals surface area (Å²) in [5.74, 6) is -0.0712. The average Bonchev–Trinajstić information content (AvgIpc) is 3.06. The molecule has 2 heterocycles.